The molecule has 4 saturated carbocycles. The number of ether oxygens (including phenoxy) is 2. The number of nitro groups is 2. The van der Waals surface area contributed by atoms with Crippen LogP contribution in [0.5, 0.6) is 0 Å². The van der Waals surface area contributed by atoms with E-state index in [2.05, 4.69) is 115 Å². The van der Waals surface area contributed by atoms with Crippen LogP contribution in [-0.2, 0) is 62.0 Å². The second kappa shape index (κ2) is 25.5. The van der Waals surface area contributed by atoms with Gasteiger partial charge in [0.15, 0.2) is 16.7 Å². The zero-order valence-electron chi connectivity index (χ0n) is 45.4. The average Bonchev–Trinajstić information content (AvgIpc) is 2.74. The molecule has 4 aromatic heterocycles. The van der Waals surface area contributed by atoms with Crippen LogP contribution >= 0.6 is 75.3 Å². The fourth-order valence-electron chi connectivity index (χ4n) is 11.3. The zero-order chi connectivity index (χ0) is 61.9. The molecule has 0 bridgehead atoms. The van der Waals surface area contributed by atoms with Gasteiger partial charge in [0.1, 0.15) is 39.7 Å². The Morgan fingerprint density at radius 3 is 1.43 bits per heavy atom. The second-order valence-electron chi connectivity index (χ2n) is 21.0. The fourth-order valence-corrected chi connectivity index (χ4v) is 12.9. The number of likely N-dealkylation sites (N-methyl/N-ethyl adjacent to an activating group) is 1. The minimum absolute atomic E-state index is 0. The number of amides is 2. The van der Waals surface area contributed by atoms with Crippen molar-refractivity contribution in [2.45, 2.75) is 93.3 Å². The third-order valence-corrected chi connectivity index (χ3v) is 19.2. The zero-order valence-corrected chi connectivity index (χ0v) is 53.6. The van der Waals surface area contributed by atoms with Gasteiger partial charge >= 0.3 is 23.6 Å². The molecule has 4 aliphatic carbocycles. The van der Waals surface area contributed by atoms with E-state index in [1.54, 1.807) is 24.1 Å². The first kappa shape index (κ1) is 64.8. The summed E-state index contributed by atoms with van der Waals surface area (Å²) in [6.45, 7) is 0. The Hall–Kier alpha value is -6.63. The molecular formula is C55H43Br4ClF4FeN12O10. The van der Waals surface area contributed by atoms with E-state index in [0.29, 0.717) is 49.8 Å². The maximum absolute atomic E-state index is 13.7. The molecule has 4 aromatic carbocycles. The van der Waals surface area contributed by atoms with Crippen LogP contribution in [0, 0.1) is 49.4 Å². The Kier molecular flexibility index (Phi) is 19.0. The van der Waals surface area contributed by atoms with E-state index in [1.165, 1.54) is 44.9 Å². The van der Waals surface area contributed by atoms with Gasteiger partial charge in [0.25, 0.3) is 0 Å². The van der Waals surface area contributed by atoms with Gasteiger partial charge in [-0.1, -0.05) is 37.3 Å². The van der Waals surface area contributed by atoms with E-state index in [0.717, 1.165) is 91.8 Å². The summed E-state index contributed by atoms with van der Waals surface area (Å²) >= 11 is 18.2. The molecule has 32 heteroatoms. The van der Waals surface area contributed by atoms with E-state index < -0.39 is 55.3 Å². The molecule has 6 heterocycles. The quantitative estimate of drug-likeness (QED) is 0.0550. The molecule has 2 aliphatic heterocycles. The molecule has 1 N–H and O–H groups in total. The Labute approximate surface area is 538 Å². The topological polar surface area (TPSA) is 291 Å². The third-order valence-electron chi connectivity index (χ3n) is 16.4. The van der Waals surface area contributed by atoms with Gasteiger partial charge in [-0.2, -0.15) is 0 Å². The predicted octanol–water partition coefficient (Wildman–Crippen LogP) is 12.9. The van der Waals surface area contributed by atoms with E-state index in [1.807, 2.05) is 0 Å². The van der Waals surface area contributed by atoms with Gasteiger partial charge < -0.3 is 35.0 Å². The SMILES string of the molecule is CN1C(=O)C2(CCC2)c2c1nnc1cc(F)c(Br)cc21.COC(=O)C1(c2c([N+](=O)[O-])nnc3cc(F)c(Br)cc23)CCC1.COC(=O)C1CCC1.O=C1Nc2nnc3cc(F)c(Br)cc3c2C12CCC2.O=[N+]([O-])c1nnc2cc(F)c(Br)cc2c1Cl.[Fe]. The minimum Gasteiger partial charge on any atom is -0.469 e. The molecule has 87 heavy (non-hydrogen) atoms. The van der Waals surface area contributed by atoms with Crippen LogP contribution in [0.25, 0.3) is 43.6 Å². The van der Waals surface area contributed by atoms with Crippen molar-refractivity contribution in [2.75, 3.05) is 31.5 Å². The summed E-state index contributed by atoms with van der Waals surface area (Å²) in [5.41, 5.74) is 1.18. The van der Waals surface area contributed by atoms with Crippen molar-refractivity contribution in [2.24, 2.45) is 5.92 Å². The first-order valence-electron chi connectivity index (χ1n) is 26.2. The fraction of sp³-hybridized carbons (Fsp3) is 0.345. The predicted molar refractivity (Wildman–Crippen MR) is 317 cm³/mol. The number of anilines is 2. The first-order chi connectivity index (χ1) is 40.9. The van der Waals surface area contributed by atoms with E-state index >= 15 is 0 Å². The molecule has 22 nitrogen and oxygen atoms in total. The van der Waals surface area contributed by atoms with Crippen LogP contribution < -0.4 is 10.2 Å². The molecule has 0 saturated heterocycles. The molecule has 0 unspecified atom stereocenters. The number of carbonyl (C=O) groups is 4. The number of hydrogen-bond acceptors (Lipinski definition) is 18. The second-order valence-corrected chi connectivity index (χ2v) is 24.8. The van der Waals surface area contributed by atoms with Crippen LogP contribution in [0.1, 0.15) is 93.7 Å². The minimum atomic E-state index is -1.14. The number of benzene rings is 4. The monoisotopic (exact) mass is 1510 g/mol. The normalized spacial score (nSPS) is 16.7. The van der Waals surface area contributed by atoms with Crippen LogP contribution in [0.4, 0.5) is 40.8 Å². The number of rotatable bonds is 5. The summed E-state index contributed by atoms with van der Waals surface area (Å²) in [4.78, 5) is 69.7. The van der Waals surface area contributed by atoms with Crippen molar-refractivity contribution in [1.29, 1.82) is 0 Å². The van der Waals surface area contributed by atoms with Crippen LogP contribution in [0.3, 0.4) is 0 Å². The van der Waals surface area contributed by atoms with Crippen molar-refractivity contribution >= 4 is 166 Å². The summed E-state index contributed by atoms with van der Waals surface area (Å²) in [6.07, 6.45) is 10.2. The summed E-state index contributed by atoms with van der Waals surface area (Å²) in [5.74, 6) is -2.02. The van der Waals surface area contributed by atoms with Gasteiger partial charge in [-0.3, -0.25) is 24.1 Å². The van der Waals surface area contributed by atoms with Gasteiger partial charge in [-0.25, -0.2) is 17.6 Å². The molecule has 2 amide bonds. The maximum atomic E-state index is 13.7. The van der Waals surface area contributed by atoms with E-state index in [9.17, 15) is 57.0 Å². The largest absolute Gasteiger partial charge is 0.469 e. The number of hydrogen-bond donors (Lipinski definition) is 1. The standard InChI is InChI=1S/C14H11BrFN3O4.C14H11BrFN3O.C13H9BrFN3O.C8H2BrClFN3O2.C6H10O2.Fe/c1-23-13(20)14(3-2-4-14)11-7-5-8(15)9(16)6-10(7)17-18-12(11)19(21)22;1-19-12-11(14(13(19)20)3-2-4-14)7-5-8(15)9(16)6-10(7)17-18-12;14-7-4-6-9(5-8(7)15)17-18-11-10(6)13(2-1-3-13)12(19)16-11;9-4-1-3-6(2-5(4)11)12-13-8(7(3)10)14(15)16;1-8-6(7)5-3-2-4-5;/h5-6H,2-4H2,1H3;5-6H,2-4H2,1H3;4-5H,1-3H2,(H,16,18,19);1-2H;5H,2-4H2,1H3;. The number of halogens is 9. The van der Waals surface area contributed by atoms with E-state index in [4.69, 9.17) is 16.3 Å². The van der Waals surface area contributed by atoms with Gasteiger partial charge in [0.05, 0.1) is 75.7 Å². The Bertz CT molecular complexity index is 4230. The first-order valence-corrected chi connectivity index (χ1v) is 29.8. The van der Waals surface area contributed by atoms with Gasteiger partial charge in [-0.05, 0) is 159 Å². The molecule has 454 valence electrons. The molecule has 8 aromatic rings. The number of aromatic nitrogens is 8. The summed E-state index contributed by atoms with van der Waals surface area (Å²) in [5, 5.41) is 57.2. The van der Waals surface area contributed by atoms with Crippen molar-refractivity contribution < 1.29 is 73.1 Å². The Balaban J connectivity index is 0.000000133. The maximum Gasteiger partial charge on any atom is 0.410 e. The molecule has 14 rings (SSSR count). The van der Waals surface area contributed by atoms with Gasteiger partial charge in [-0.15, -0.1) is 20.4 Å². The van der Waals surface area contributed by atoms with Crippen molar-refractivity contribution in [1.82, 2.24) is 40.8 Å². The average molecular weight is 1520 g/mol. The summed E-state index contributed by atoms with van der Waals surface area (Å²) in [7, 11) is 4.41. The number of methoxy groups -OCH3 is 2. The van der Waals surface area contributed by atoms with Gasteiger partial charge in [0.2, 0.25) is 11.8 Å². The third kappa shape index (κ3) is 11.5. The Morgan fingerprint density at radius 2 is 1.02 bits per heavy atom. The molecule has 0 radical (unpaired) electrons. The molecule has 6 aliphatic rings. The van der Waals surface area contributed by atoms with Crippen molar-refractivity contribution in [3.63, 3.8) is 0 Å². The van der Waals surface area contributed by atoms with Crippen molar-refractivity contribution in [3.8, 4) is 0 Å². The number of nitrogens with one attached hydrogen (secondary N) is 1. The summed E-state index contributed by atoms with van der Waals surface area (Å²) in [6, 6.07) is 11.1. The van der Waals surface area contributed by atoms with Crippen LogP contribution in [0.2, 0.25) is 5.02 Å². The van der Waals surface area contributed by atoms with Gasteiger partial charge in [0, 0.05) is 81.1 Å². The molecule has 2 spiro atoms. The van der Waals surface area contributed by atoms with Crippen LogP contribution in [-0.4, -0.2) is 95.7 Å². The number of esters is 2. The number of fused-ring (bicyclic) bond motifs is 10. The summed E-state index contributed by atoms with van der Waals surface area (Å²) < 4.78 is 64.5. The van der Waals surface area contributed by atoms with Crippen LogP contribution in [0.15, 0.2) is 66.4 Å². The van der Waals surface area contributed by atoms with Crippen molar-refractivity contribution in [3.05, 3.63) is 132 Å². The number of nitrogens with zero attached hydrogens (tertiary/aromatic N) is 11. The molecular weight excluding hydrogens is 1480 g/mol. The Morgan fingerprint density at radius 1 is 0.598 bits per heavy atom. The smallest absolute Gasteiger partial charge is 0.410 e. The van der Waals surface area contributed by atoms with E-state index in [-0.39, 0.29) is 88.4 Å². The number of carbonyl (C=O) groups excluding carboxylic acids is 4. The molecule has 0 atom stereocenters. The molecule has 4 fully saturated rings.